The van der Waals surface area contributed by atoms with Gasteiger partial charge >= 0.3 is 0 Å². The third-order valence-electron chi connectivity index (χ3n) is 6.44. The fraction of sp³-hybridized carbons (Fsp3) is 0.667. The summed E-state index contributed by atoms with van der Waals surface area (Å²) in [5, 5.41) is 2.67. The zero-order valence-corrected chi connectivity index (χ0v) is 20.8. The number of carbonyl (C=O) groups is 1. The van der Waals surface area contributed by atoms with E-state index in [0.29, 0.717) is 19.5 Å². The van der Waals surface area contributed by atoms with Crippen molar-refractivity contribution in [1.82, 2.24) is 14.5 Å². The third-order valence-corrected chi connectivity index (χ3v) is 8.84. The lowest BCUT2D eigenvalue weighted by Crippen LogP contribution is -2.63. The molecule has 1 aromatic carbocycles. The second-order valence-corrected chi connectivity index (χ2v) is 11.1. The van der Waals surface area contributed by atoms with Crippen LogP contribution >= 0.6 is 24.0 Å². The Kier molecular flexibility index (Phi) is 9.49. The molecule has 0 aromatic heterocycles. The lowest BCUT2D eigenvalue weighted by molar-refractivity contribution is -0.0856. The van der Waals surface area contributed by atoms with Crippen molar-refractivity contribution in [3.05, 3.63) is 34.6 Å². The van der Waals surface area contributed by atoms with Gasteiger partial charge in [0.2, 0.25) is 15.9 Å². The summed E-state index contributed by atoms with van der Waals surface area (Å²) in [5.74, 6) is -4.15. The van der Waals surface area contributed by atoms with Crippen molar-refractivity contribution in [3.63, 3.8) is 0 Å². The van der Waals surface area contributed by atoms with Crippen LogP contribution in [0.15, 0.2) is 18.2 Å². The lowest BCUT2D eigenvalue weighted by atomic mass is 9.78. The van der Waals surface area contributed by atoms with Gasteiger partial charge in [-0.15, -0.1) is 12.4 Å². The minimum atomic E-state index is -3.34. The number of halogens is 5. The summed E-state index contributed by atoms with van der Waals surface area (Å²) in [4.78, 5) is 14.7. The Labute approximate surface area is 204 Å². The lowest BCUT2D eigenvalue weighted by Gasteiger charge is -2.50. The van der Waals surface area contributed by atoms with E-state index in [2.05, 4.69) is 5.32 Å². The first kappa shape index (κ1) is 28.2. The third kappa shape index (κ3) is 6.54. The molecule has 1 aromatic rings. The monoisotopic (exact) mass is 531 g/mol. The van der Waals surface area contributed by atoms with Crippen LogP contribution in [0.3, 0.4) is 0 Å². The zero-order valence-electron chi connectivity index (χ0n) is 18.5. The van der Waals surface area contributed by atoms with E-state index >= 15 is 0 Å². The molecule has 2 aliphatic rings. The molecule has 0 spiro atoms. The van der Waals surface area contributed by atoms with Crippen molar-refractivity contribution in [2.75, 3.05) is 38.5 Å². The molecule has 0 unspecified atom stereocenters. The molecule has 3 rings (SSSR count). The van der Waals surface area contributed by atoms with E-state index in [-0.39, 0.29) is 74.1 Å². The number of sulfonamides is 1. The van der Waals surface area contributed by atoms with E-state index in [0.717, 1.165) is 6.07 Å². The smallest absolute Gasteiger partial charge is 0.255 e. The van der Waals surface area contributed by atoms with Gasteiger partial charge in [0, 0.05) is 51.1 Å². The minimum absolute atomic E-state index is 0. The highest BCUT2D eigenvalue weighted by Crippen LogP contribution is 2.42. The van der Waals surface area contributed by atoms with Gasteiger partial charge in [-0.1, -0.05) is 24.6 Å². The number of nitrogens with zero attached hydrogens (tertiary/aromatic N) is 2. The molecule has 1 aliphatic carbocycles. The quantitative estimate of drug-likeness (QED) is 0.578. The van der Waals surface area contributed by atoms with Gasteiger partial charge in [-0.2, -0.15) is 4.31 Å². The second kappa shape index (κ2) is 11.1. The molecule has 2 fully saturated rings. The predicted molar refractivity (Wildman–Crippen MR) is 124 cm³/mol. The first-order valence-corrected chi connectivity index (χ1v) is 12.8. The Morgan fingerprint density at radius 3 is 2.27 bits per heavy atom. The molecule has 1 saturated heterocycles. The molecular weight excluding hydrogens is 502 g/mol. The number of piperazine rings is 1. The van der Waals surface area contributed by atoms with Crippen molar-refractivity contribution >= 4 is 39.9 Å². The van der Waals surface area contributed by atoms with Crippen LogP contribution < -0.4 is 5.32 Å². The minimum Gasteiger partial charge on any atom is -0.350 e. The van der Waals surface area contributed by atoms with Crippen LogP contribution in [-0.2, 0) is 10.0 Å². The Morgan fingerprint density at radius 1 is 1.12 bits per heavy atom. The molecule has 1 amide bonds. The van der Waals surface area contributed by atoms with Crippen LogP contribution in [0.25, 0.3) is 0 Å². The van der Waals surface area contributed by atoms with Gasteiger partial charge in [-0.05, 0) is 31.4 Å². The van der Waals surface area contributed by atoms with E-state index in [1.165, 1.54) is 16.4 Å². The first-order valence-electron chi connectivity index (χ1n) is 10.8. The molecule has 6 nitrogen and oxygen atoms in total. The number of rotatable bonds is 7. The molecule has 0 atom stereocenters. The van der Waals surface area contributed by atoms with Crippen LogP contribution in [0.5, 0.6) is 0 Å². The van der Waals surface area contributed by atoms with Gasteiger partial charge < -0.3 is 5.32 Å². The van der Waals surface area contributed by atoms with Crippen molar-refractivity contribution in [2.24, 2.45) is 0 Å². The van der Waals surface area contributed by atoms with E-state index < -0.39 is 33.2 Å². The first-order chi connectivity index (χ1) is 15.0. The molecule has 12 heteroatoms. The number of amides is 1. The largest absolute Gasteiger partial charge is 0.350 e. The number of hydrogen-bond acceptors (Lipinski definition) is 4. The van der Waals surface area contributed by atoms with Crippen molar-refractivity contribution < 1.29 is 26.4 Å². The average molecular weight is 532 g/mol. The van der Waals surface area contributed by atoms with Crippen LogP contribution in [0.4, 0.5) is 13.2 Å². The molecule has 1 saturated carbocycles. The van der Waals surface area contributed by atoms with Crippen molar-refractivity contribution in [1.29, 1.82) is 0 Å². The van der Waals surface area contributed by atoms with Gasteiger partial charge in [0.1, 0.15) is 5.82 Å². The van der Waals surface area contributed by atoms with Gasteiger partial charge in [0.05, 0.1) is 16.3 Å². The summed E-state index contributed by atoms with van der Waals surface area (Å²) in [6.45, 7) is 3.15. The van der Waals surface area contributed by atoms with Crippen molar-refractivity contribution in [2.45, 2.75) is 50.5 Å². The van der Waals surface area contributed by atoms with E-state index in [4.69, 9.17) is 11.6 Å². The Balaban J connectivity index is 0.00000385. The SMILES string of the molecule is CCCS(=O)(=O)N1CCN(C2(CNC(=O)c3c(F)cccc3Cl)CCC(F)(F)CC2)CC1.Cl. The average Bonchev–Trinajstić information content (AvgIpc) is 2.73. The Hall–Kier alpha value is -1.07. The van der Waals surface area contributed by atoms with Crippen LogP contribution in [0.1, 0.15) is 49.4 Å². The number of nitrogens with one attached hydrogen (secondary N) is 1. The summed E-state index contributed by atoms with van der Waals surface area (Å²) in [6, 6.07) is 3.94. The maximum Gasteiger partial charge on any atom is 0.255 e. The number of alkyl halides is 2. The topological polar surface area (TPSA) is 69.7 Å². The highest BCUT2D eigenvalue weighted by atomic mass is 35.5. The van der Waals surface area contributed by atoms with Gasteiger partial charge in [0.15, 0.2) is 0 Å². The van der Waals surface area contributed by atoms with Crippen LogP contribution in [0.2, 0.25) is 5.02 Å². The number of benzene rings is 1. The Bertz CT molecular complexity index is 912. The van der Waals surface area contributed by atoms with E-state index in [1.807, 2.05) is 4.90 Å². The normalized spacial score (nSPS) is 21.2. The van der Waals surface area contributed by atoms with Gasteiger partial charge in [-0.3, -0.25) is 9.69 Å². The molecule has 1 N–H and O–H groups in total. The van der Waals surface area contributed by atoms with E-state index in [1.54, 1.807) is 6.92 Å². The molecule has 188 valence electrons. The highest BCUT2D eigenvalue weighted by molar-refractivity contribution is 7.89. The van der Waals surface area contributed by atoms with E-state index in [9.17, 15) is 26.4 Å². The molecule has 0 bridgehead atoms. The summed E-state index contributed by atoms with van der Waals surface area (Å²) in [6.07, 6.45) is 0.168. The second-order valence-electron chi connectivity index (χ2n) is 8.56. The fourth-order valence-corrected chi connectivity index (χ4v) is 6.30. The highest BCUT2D eigenvalue weighted by Gasteiger charge is 2.47. The maximum absolute atomic E-state index is 14.1. The standard InChI is InChI=1S/C21H29ClF3N3O3S.ClH/c1-2-14-32(30,31)28-12-10-27(11-13-28)20(6-8-21(24,25)9-7-20)15-26-19(29)18-16(22)4-3-5-17(18)23;/h3-5H,2,6-15H2,1H3,(H,26,29);1H. The summed E-state index contributed by atoms with van der Waals surface area (Å²) >= 11 is 5.98. The zero-order chi connectivity index (χ0) is 23.6. The Morgan fingerprint density at radius 2 is 1.73 bits per heavy atom. The summed E-state index contributed by atoms with van der Waals surface area (Å²) in [5.41, 5.74) is -1.03. The fourth-order valence-electron chi connectivity index (χ4n) is 4.56. The molecule has 1 heterocycles. The summed E-state index contributed by atoms with van der Waals surface area (Å²) in [7, 11) is -3.34. The van der Waals surface area contributed by atoms with Gasteiger partial charge in [0.25, 0.3) is 5.91 Å². The van der Waals surface area contributed by atoms with Crippen LogP contribution in [-0.4, -0.2) is 73.5 Å². The molecular formula is C21H30Cl2F3N3O3S. The van der Waals surface area contributed by atoms with Gasteiger partial charge in [-0.25, -0.2) is 21.6 Å². The molecule has 1 aliphatic heterocycles. The molecule has 0 radical (unpaired) electrons. The van der Waals surface area contributed by atoms with Crippen LogP contribution in [0, 0.1) is 5.82 Å². The van der Waals surface area contributed by atoms with Crippen molar-refractivity contribution in [3.8, 4) is 0 Å². The molecule has 33 heavy (non-hydrogen) atoms. The number of hydrogen-bond donors (Lipinski definition) is 1. The summed E-state index contributed by atoms with van der Waals surface area (Å²) < 4.78 is 68.2. The predicted octanol–water partition coefficient (Wildman–Crippen LogP) is 3.94. The number of carbonyl (C=O) groups excluding carboxylic acids is 1. The maximum atomic E-state index is 14.1.